The van der Waals surface area contributed by atoms with Gasteiger partial charge in [0.15, 0.2) is 0 Å². The van der Waals surface area contributed by atoms with Crippen molar-refractivity contribution in [1.29, 1.82) is 0 Å². The van der Waals surface area contributed by atoms with Gasteiger partial charge in [-0.2, -0.15) is 0 Å². The Balaban J connectivity index is 3.25. The lowest BCUT2D eigenvalue weighted by Gasteiger charge is -2.19. The Labute approximate surface area is 114 Å². The normalized spacial score (nSPS) is 11.3. The first-order chi connectivity index (χ1) is 7.95. The fraction of sp³-hybridized carbons (Fsp3) is 0.923. The Morgan fingerprint density at radius 1 is 1.06 bits per heavy atom. The molecule has 0 spiro atoms. The molecule has 0 unspecified atom stereocenters. The second kappa shape index (κ2) is 9.75. The highest BCUT2D eigenvalue weighted by atomic mass is 79.9. The van der Waals surface area contributed by atoms with Gasteiger partial charge in [-0.15, -0.1) is 0 Å². The van der Waals surface area contributed by atoms with E-state index in [0.29, 0.717) is 6.54 Å². The fourth-order valence-electron chi connectivity index (χ4n) is 1.43. The number of carbonyl (C=O) groups is 1. The van der Waals surface area contributed by atoms with Gasteiger partial charge in [0.25, 0.3) is 0 Å². The van der Waals surface area contributed by atoms with Crippen molar-refractivity contribution in [3.8, 4) is 0 Å². The van der Waals surface area contributed by atoms with Crippen molar-refractivity contribution in [2.75, 3.05) is 11.9 Å². The predicted octanol–water partition coefficient (Wildman–Crippen LogP) is 4.25. The zero-order chi connectivity index (χ0) is 13.1. The maximum absolute atomic E-state index is 11.3. The molecular formula is C13H26BrNO2. The van der Waals surface area contributed by atoms with Crippen molar-refractivity contribution >= 4 is 22.0 Å². The van der Waals surface area contributed by atoms with Crippen LogP contribution in [-0.4, -0.2) is 23.6 Å². The molecule has 0 aromatic carbocycles. The summed E-state index contributed by atoms with van der Waals surface area (Å²) in [7, 11) is 0. The smallest absolute Gasteiger partial charge is 0.407 e. The van der Waals surface area contributed by atoms with E-state index in [-0.39, 0.29) is 6.09 Å². The van der Waals surface area contributed by atoms with Gasteiger partial charge in [0.2, 0.25) is 0 Å². The highest BCUT2D eigenvalue weighted by Gasteiger charge is 2.15. The average molecular weight is 308 g/mol. The SMILES string of the molecule is CC(C)(C)OC(=O)NCCCCCCCCBr. The minimum atomic E-state index is -0.403. The molecule has 0 rings (SSSR count). The molecule has 0 aliphatic carbocycles. The van der Waals surface area contributed by atoms with Gasteiger partial charge in [0.1, 0.15) is 5.60 Å². The third-order valence-corrected chi connectivity index (χ3v) is 2.79. The Hall–Kier alpha value is -0.250. The van der Waals surface area contributed by atoms with E-state index in [1.807, 2.05) is 20.8 Å². The van der Waals surface area contributed by atoms with Crippen LogP contribution in [0.1, 0.15) is 59.3 Å². The molecule has 0 radical (unpaired) electrons. The molecule has 17 heavy (non-hydrogen) atoms. The van der Waals surface area contributed by atoms with Crippen LogP contribution in [-0.2, 0) is 4.74 Å². The molecule has 0 atom stereocenters. The van der Waals surface area contributed by atoms with E-state index in [0.717, 1.165) is 11.8 Å². The van der Waals surface area contributed by atoms with Crippen molar-refractivity contribution in [3.63, 3.8) is 0 Å². The van der Waals surface area contributed by atoms with E-state index >= 15 is 0 Å². The molecule has 0 heterocycles. The summed E-state index contributed by atoms with van der Waals surface area (Å²) in [4.78, 5) is 11.3. The Morgan fingerprint density at radius 3 is 2.12 bits per heavy atom. The first-order valence-corrected chi connectivity index (χ1v) is 7.60. The summed E-state index contributed by atoms with van der Waals surface area (Å²) in [6, 6.07) is 0. The number of nitrogens with one attached hydrogen (secondary N) is 1. The van der Waals surface area contributed by atoms with Crippen molar-refractivity contribution in [2.45, 2.75) is 64.9 Å². The number of unbranched alkanes of at least 4 members (excludes halogenated alkanes) is 5. The lowest BCUT2D eigenvalue weighted by molar-refractivity contribution is 0.0527. The molecule has 0 saturated carbocycles. The zero-order valence-corrected chi connectivity index (χ0v) is 12.9. The Bertz CT molecular complexity index is 202. The monoisotopic (exact) mass is 307 g/mol. The Morgan fingerprint density at radius 2 is 1.59 bits per heavy atom. The number of halogens is 1. The molecule has 102 valence electrons. The molecule has 0 fully saturated rings. The van der Waals surface area contributed by atoms with Crippen LogP contribution in [0.2, 0.25) is 0 Å². The number of alkyl halides is 1. The number of alkyl carbamates (subject to hydrolysis) is 1. The molecular weight excluding hydrogens is 282 g/mol. The van der Waals surface area contributed by atoms with Gasteiger partial charge < -0.3 is 10.1 Å². The van der Waals surface area contributed by atoms with E-state index in [1.54, 1.807) is 0 Å². The molecule has 0 aromatic heterocycles. The highest BCUT2D eigenvalue weighted by molar-refractivity contribution is 9.09. The summed E-state index contributed by atoms with van der Waals surface area (Å²) < 4.78 is 5.14. The molecule has 1 amide bonds. The molecule has 0 aliphatic rings. The van der Waals surface area contributed by atoms with Crippen LogP contribution >= 0.6 is 15.9 Å². The summed E-state index contributed by atoms with van der Waals surface area (Å²) in [6.45, 7) is 6.33. The molecule has 0 aromatic rings. The average Bonchev–Trinajstić information content (AvgIpc) is 2.19. The third kappa shape index (κ3) is 13.7. The first kappa shape index (κ1) is 16.8. The number of ether oxygens (including phenoxy) is 1. The van der Waals surface area contributed by atoms with Gasteiger partial charge in [0, 0.05) is 11.9 Å². The maximum Gasteiger partial charge on any atom is 0.407 e. The Kier molecular flexibility index (Phi) is 9.60. The number of rotatable bonds is 8. The number of amides is 1. The van der Waals surface area contributed by atoms with Crippen molar-refractivity contribution < 1.29 is 9.53 Å². The topological polar surface area (TPSA) is 38.3 Å². The van der Waals surface area contributed by atoms with E-state index in [9.17, 15) is 4.79 Å². The largest absolute Gasteiger partial charge is 0.444 e. The molecule has 4 heteroatoms. The molecule has 0 aliphatic heterocycles. The molecule has 3 nitrogen and oxygen atoms in total. The van der Waals surface area contributed by atoms with Crippen molar-refractivity contribution in [2.24, 2.45) is 0 Å². The summed E-state index contributed by atoms with van der Waals surface area (Å²) >= 11 is 3.42. The number of hydrogen-bond acceptors (Lipinski definition) is 2. The first-order valence-electron chi connectivity index (χ1n) is 6.48. The maximum atomic E-state index is 11.3. The quantitative estimate of drug-likeness (QED) is 0.538. The second-order valence-electron chi connectivity index (χ2n) is 5.24. The van der Waals surface area contributed by atoms with E-state index in [2.05, 4.69) is 21.2 Å². The van der Waals surface area contributed by atoms with Crippen molar-refractivity contribution in [1.82, 2.24) is 5.32 Å². The second-order valence-corrected chi connectivity index (χ2v) is 6.03. The fourth-order valence-corrected chi connectivity index (χ4v) is 1.83. The van der Waals surface area contributed by atoms with Crippen LogP contribution in [0.15, 0.2) is 0 Å². The molecule has 0 saturated heterocycles. The predicted molar refractivity (Wildman–Crippen MR) is 75.7 cm³/mol. The minimum absolute atomic E-state index is 0.309. The van der Waals surface area contributed by atoms with Crippen molar-refractivity contribution in [3.05, 3.63) is 0 Å². The van der Waals surface area contributed by atoms with Gasteiger partial charge in [-0.25, -0.2) is 4.79 Å². The van der Waals surface area contributed by atoms with E-state index in [1.165, 1.54) is 32.1 Å². The highest BCUT2D eigenvalue weighted by Crippen LogP contribution is 2.07. The molecule has 1 N–H and O–H groups in total. The number of carbonyl (C=O) groups excluding carboxylic acids is 1. The summed E-state index contributed by atoms with van der Waals surface area (Å²) in [6.07, 6.45) is 7.00. The van der Waals surface area contributed by atoms with E-state index in [4.69, 9.17) is 4.74 Å². The van der Waals surface area contributed by atoms with Crippen LogP contribution in [0, 0.1) is 0 Å². The van der Waals surface area contributed by atoms with Crippen LogP contribution in [0.5, 0.6) is 0 Å². The van der Waals surface area contributed by atoms with Gasteiger partial charge in [-0.05, 0) is 33.6 Å². The summed E-state index contributed by atoms with van der Waals surface area (Å²) in [5, 5.41) is 3.88. The molecule has 0 bridgehead atoms. The van der Waals surface area contributed by atoms with Gasteiger partial charge in [0.05, 0.1) is 0 Å². The standard InChI is InChI=1S/C13H26BrNO2/c1-13(2,3)17-12(16)15-11-9-7-5-4-6-8-10-14/h4-11H2,1-3H3,(H,15,16). The van der Waals surface area contributed by atoms with Gasteiger partial charge >= 0.3 is 6.09 Å². The lowest BCUT2D eigenvalue weighted by atomic mass is 10.1. The van der Waals surface area contributed by atoms with Crippen LogP contribution in [0.3, 0.4) is 0 Å². The zero-order valence-electron chi connectivity index (χ0n) is 11.4. The minimum Gasteiger partial charge on any atom is -0.444 e. The van der Waals surface area contributed by atoms with Crippen LogP contribution in [0.4, 0.5) is 4.79 Å². The van der Waals surface area contributed by atoms with Crippen LogP contribution in [0.25, 0.3) is 0 Å². The summed E-state index contributed by atoms with van der Waals surface area (Å²) in [5.41, 5.74) is -0.403. The summed E-state index contributed by atoms with van der Waals surface area (Å²) in [5.74, 6) is 0. The van der Waals surface area contributed by atoms with Gasteiger partial charge in [-0.1, -0.05) is 41.6 Å². The third-order valence-electron chi connectivity index (χ3n) is 2.23. The van der Waals surface area contributed by atoms with Crippen LogP contribution < -0.4 is 5.32 Å². The number of hydrogen-bond donors (Lipinski definition) is 1. The van der Waals surface area contributed by atoms with E-state index < -0.39 is 5.60 Å². The van der Waals surface area contributed by atoms with Gasteiger partial charge in [-0.3, -0.25) is 0 Å². The lowest BCUT2D eigenvalue weighted by Crippen LogP contribution is -2.32.